The molecule has 0 aliphatic carbocycles. The third kappa shape index (κ3) is 3.99. The largest absolute Gasteiger partial charge is 0.320 e. The maximum Gasteiger partial charge on any atom is 0.262 e. The van der Waals surface area contributed by atoms with Crippen LogP contribution in [0.15, 0.2) is 74.9 Å². The highest BCUT2D eigenvalue weighted by Crippen LogP contribution is 2.37. The van der Waals surface area contributed by atoms with E-state index in [0.29, 0.717) is 0 Å². The van der Waals surface area contributed by atoms with Crippen molar-refractivity contribution < 1.29 is 4.79 Å². The Balaban J connectivity index is 0.000000178. The molecule has 0 bridgehead atoms. The van der Waals surface area contributed by atoms with Crippen molar-refractivity contribution in [3.63, 3.8) is 0 Å². The predicted molar refractivity (Wildman–Crippen MR) is 88.8 cm³/mol. The summed E-state index contributed by atoms with van der Waals surface area (Å²) in [6.07, 6.45) is 1.83. The second-order valence-electron chi connectivity index (χ2n) is 4.00. The van der Waals surface area contributed by atoms with E-state index in [9.17, 15) is 4.79 Å². The van der Waals surface area contributed by atoms with E-state index in [1.807, 2.05) is 67.6 Å². The number of benzene rings is 2. The molecule has 0 unspecified atom stereocenters. The van der Waals surface area contributed by atoms with Crippen molar-refractivity contribution in [2.75, 3.05) is 5.32 Å². The number of nitrogens with one attached hydrogen (secondary N) is 1. The van der Waals surface area contributed by atoms with Gasteiger partial charge in [0.25, 0.3) is 5.91 Å². The van der Waals surface area contributed by atoms with Crippen molar-refractivity contribution in [1.82, 2.24) is 0 Å². The smallest absolute Gasteiger partial charge is 0.262 e. The van der Waals surface area contributed by atoms with E-state index < -0.39 is 0 Å². The molecule has 2 nitrogen and oxygen atoms in total. The molecule has 0 radical (unpaired) electrons. The number of hydrogen-bond donors (Lipinski definition) is 1. The van der Waals surface area contributed by atoms with Crippen LogP contribution >= 0.6 is 27.7 Å². The van der Waals surface area contributed by atoms with Crippen molar-refractivity contribution in [3.05, 3.63) is 70.1 Å². The predicted octanol–water partition coefficient (Wildman–Crippen LogP) is 5.08. The van der Waals surface area contributed by atoms with Crippen molar-refractivity contribution in [2.24, 2.45) is 0 Å². The Hall–Kier alpha value is -1.52. The van der Waals surface area contributed by atoms with Crippen LogP contribution in [0.2, 0.25) is 0 Å². The molecule has 2 aromatic carbocycles. The van der Waals surface area contributed by atoms with E-state index in [4.69, 9.17) is 0 Å². The molecule has 1 N–H and O–H groups in total. The summed E-state index contributed by atoms with van der Waals surface area (Å²) in [5.41, 5.74) is 0.906. The summed E-state index contributed by atoms with van der Waals surface area (Å²) in [5.74, 6) is -0.00815. The Morgan fingerprint density at radius 2 is 1.70 bits per heavy atom. The highest BCUT2D eigenvalue weighted by Gasteiger charge is 2.18. The molecule has 0 aromatic heterocycles. The van der Waals surface area contributed by atoms with Gasteiger partial charge >= 0.3 is 0 Å². The van der Waals surface area contributed by atoms with Crippen LogP contribution in [0, 0.1) is 0 Å². The molecule has 1 aliphatic rings. The van der Waals surface area contributed by atoms with Gasteiger partial charge in [-0.3, -0.25) is 4.79 Å². The molecule has 0 atom stereocenters. The molecule has 4 heteroatoms. The number of carbonyl (C=O) groups excluding carboxylic acids is 1. The highest BCUT2D eigenvalue weighted by atomic mass is 79.9. The average Bonchev–Trinajstić information content (AvgIpc) is 2.48. The molecule has 0 saturated carbocycles. The van der Waals surface area contributed by atoms with Crippen molar-refractivity contribution >= 4 is 39.3 Å². The fraction of sp³-hybridized carbons (Fsp3) is 0.0625. The summed E-state index contributed by atoms with van der Waals surface area (Å²) in [6, 6.07) is 17.8. The second kappa shape index (κ2) is 7.31. The van der Waals surface area contributed by atoms with E-state index in [-0.39, 0.29) is 5.91 Å². The first-order valence-corrected chi connectivity index (χ1v) is 7.76. The van der Waals surface area contributed by atoms with Gasteiger partial charge in [-0.2, -0.15) is 0 Å². The number of allylic oxidation sites excluding steroid dienone is 1. The maximum absolute atomic E-state index is 11.4. The summed E-state index contributed by atoms with van der Waals surface area (Å²) >= 11 is 4.83. The van der Waals surface area contributed by atoms with Crippen LogP contribution in [0.25, 0.3) is 0 Å². The summed E-state index contributed by atoms with van der Waals surface area (Å²) in [5, 5.41) is 2.83. The molecular formula is C16H14BrNOS. The minimum absolute atomic E-state index is 0.00815. The minimum atomic E-state index is -0.00815. The van der Waals surface area contributed by atoms with Gasteiger partial charge in [-0.15, -0.1) is 0 Å². The second-order valence-corrected chi connectivity index (χ2v) is 6.00. The average molecular weight is 348 g/mol. The van der Waals surface area contributed by atoms with Gasteiger partial charge in [-0.05, 0) is 31.2 Å². The van der Waals surface area contributed by atoms with Gasteiger partial charge < -0.3 is 5.32 Å². The van der Waals surface area contributed by atoms with Gasteiger partial charge in [0.2, 0.25) is 0 Å². The van der Waals surface area contributed by atoms with Crippen LogP contribution in [0.3, 0.4) is 0 Å². The SMILES string of the molecule is Brc1ccccc1.C/C=C1\Sc2ccccc2NC1=O. The molecule has 102 valence electrons. The van der Waals surface area contributed by atoms with E-state index in [1.54, 1.807) is 0 Å². The van der Waals surface area contributed by atoms with Gasteiger partial charge in [0.15, 0.2) is 0 Å². The molecule has 1 aliphatic heterocycles. The number of para-hydroxylation sites is 1. The van der Waals surface area contributed by atoms with Crippen molar-refractivity contribution in [2.45, 2.75) is 11.8 Å². The molecule has 0 spiro atoms. The van der Waals surface area contributed by atoms with Crippen LogP contribution < -0.4 is 5.32 Å². The molecule has 1 amide bonds. The van der Waals surface area contributed by atoms with Gasteiger partial charge in [-0.25, -0.2) is 0 Å². The zero-order valence-electron chi connectivity index (χ0n) is 11.0. The fourth-order valence-corrected chi connectivity index (χ4v) is 2.79. The van der Waals surface area contributed by atoms with Crippen molar-refractivity contribution in [3.8, 4) is 0 Å². The number of amides is 1. The van der Waals surface area contributed by atoms with Crippen LogP contribution in [-0.2, 0) is 4.79 Å². The lowest BCUT2D eigenvalue weighted by Gasteiger charge is -2.17. The molecule has 0 saturated heterocycles. The molecule has 20 heavy (non-hydrogen) atoms. The van der Waals surface area contributed by atoms with Gasteiger partial charge in [0, 0.05) is 9.37 Å². The number of fused-ring (bicyclic) bond motifs is 1. The number of anilines is 1. The standard InChI is InChI=1S/C10H9NOS.C6H5Br/c1-2-8-10(12)11-7-5-3-4-6-9(7)13-8;7-6-4-2-1-3-5-6/h2-6H,1H3,(H,11,12);1-5H/b8-2-;. The lowest BCUT2D eigenvalue weighted by atomic mass is 10.3. The van der Waals surface area contributed by atoms with Gasteiger partial charge in [-0.1, -0.05) is 64.1 Å². The van der Waals surface area contributed by atoms with E-state index >= 15 is 0 Å². The maximum atomic E-state index is 11.4. The van der Waals surface area contributed by atoms with Gasteiger partial charge in [0.1, 0.15) is 0 Å². The molecule has 0 fully saturated rings. The third-order valence-corrected chi connectivity index (χ3v) is 4.32. The molecule has 1 heterocycles. The topological polar surface area (TPSA) is 29.1 Å². The summed E-state index contributed by atoms with van der Waals surface area (Å²) in [6.45, 7) is 1.87. The number of hydrogen-bond acceptors (Lipinski definition) is 2. The van der Waals surface area contributed by atoms with Crippen LogP contribution in [0.5, 0.6) is 0 Å². The zero-order valence-corrected chi connectivity index (χ0v) is 13.4. The normalized spacial score (nSPS) is 14.9. The Bertz CT molecular complexity index is 625. The van der Waals surface area contributed by atoms with Crippen molar-refractivity contribution in [1.29, 1.82) is 0 Å². The first-order valence-electron chi connectivity index (χ1n) is 6.16. The first-order chi connectivity index (χ1) is 9.70. The quantitative estimate of drug-likeness (QED) is 0.673. The lowest BCUT2D eigenvalue weighted by molar-refractivity contribution is -0.112. The molecule has 2 aromatic rings. The Morgan fingerprint density at radius 3 is 2.30 bits per heavy atom. The van der Waals surface area contributed by atoms with Crippen LogP contribution in [0.1, 0.15) is 6.92 Å². The Kier molecular flexibility index (Phi) is 5.44. The first kappa shape index (κ1) is 14.9. The fourth-order valence-electron chi connectivity index (χ4n) is 1.61. The summed E-state index contributed by atoms with van der Waals surface area (Å²) < 4.78 is 1.13. The lowest BCUT2D eigenvalue weighted by Crippen LogP contribution is -2.16. The van der Waals surface area contributed by atoms with Gasteiger partial charge in [0.05, 0.1) is 10.6 Å². The number of thioether (sulfide) groups is 1. The minimum Gasteiger partial charge on any atom is -0.320 e. The Labute approximate surface area is 131 Å². The summed E-state index contributed by atoms with van der Waals surface area (Å²) in [4.78, 5) is 13.3. The highest BCUT2D eigenvalue weighted by molar-refractivity contribution is 9.10. The Morgan fingerprint density at radius 1 is 1.05 bits per heavy atom. The monoisotopic (exact) mass is 347 g/mol. The van der Waals surface area contributed by atoms with E-state index in [0.717, 1.165) is 20.0 Å². The van der Waals surface area contributed by atoms with E-state index in [2.05, 4.69) is 21.2 Å². The third-order valence-electron chi connectivity index (χ3n) is 2.57. The number of rotatable bonds is 0. The van der Waals surface area contributed by atoms with Crippen LogP contribution in [0.4, 0.5) is 5.69 Å². The number of carbonyl (C=O) groups is 1. The zero-order chi connectivity index (χ0) is 14.4. The molecule has 3 rings (SSSR count). The number of halogens is 1. The molecular weight excluding hydrogens is 334 g/mol. The summed E-state index contributed by atoms with van der Waals surface area (Å²) in [7, 11) is 0. The van der Waals surface area contributed by atoms with Crippen LogP contribution in [-0.4, -0.2) is 5.91 Å². The van der Waals surface area contributed by atoms with E-state index in [1.165, 1.54) is 11.8 Å².